The third-order valence-electron chi connectivity index (χ3n) is 5.19. The van der Waals surface area contributed by atoms with Crippen LogP contribution < -0.4 is 5.32 Å². The van der Waals surface area contributed by atoms with Crippen LogP contribution in [-0.2, 0) is 4.79 Å². The first-order valence-electron chi connectivity index (χ1n) is 9.31. The summed E-state index contributed by atoms with van der Waals surface area (Å²) in [4.78, 5) is 19.3. The van der Waals surface area contributed by atoms with E-state index in [0.717, 1.165) is 47.4 Å². The molecule has 27 heavy (non-hydrogen) atoms. The summed E-state index contributed by atoms with van der Waals surface area (Å²) < 4.78 is 3.37. The number of likely N-dealkylation sites (tertiary alicyclic amines) is 1. The van der Waals surface area contributed by atoms with Gasteiger partial charge >= 0.3 is 0 Å². The molecule has 0 spiro atoms. The van der Waals surface area contributed by atoms with Gasteiger partial charge in [-0.15, -0.1) is 0 Å². The van der Waals surface area contributed by atoms with Gasteiger partial charge in [0.1, 0.15) is 5.82 Å². The highest BCUT2D eigenvalue weighted by Gasteiger charge is 2.24. The first kappa shape index (κ1) is 18.2. The number of aryl methyl sites for hydroxylation is 1. The third-order valence-corrected chi connectivity index (χ3v) is 5.72. The van der Waals surface area contributed by atoms with Crippen molar-refractivity contribution in [1.82, 2.24) is 14.5 Å². The van der Waals surface area contributed by atoms with Crippen molar-refractivity contribution in [3.8, 4) is 0 Å². The predicted molar refractivity (Wildman–Crippen MR) is 112 cm³/mol. The van der Waals surface area contributed by atoms with Gasteiger partial charge < -0.3 is 9.88 Å². The molecule has 1 aliphatic heterocycles. The first-order chi connectivity index (χ1) is 13.1. The third kappa shape index (κ3) is 4.06. The van der Waals surface area contributed by atoms with E-state index in [1.54, 1.807) is 0 Å². The van der Waals surface area contributed by atoms with Crippen LogP contribution in [-0.4, -0.2) is 40.0 Å². The van der Waals surface area contributed by atoms with Crippen LogP contribution in [0.1, 0.15) is 24.7 Å². The predicted octanol–water partition coefficient (Wildman–Crippen LogP) is 4.38. The SMILES string of the molecule is Cc1nc2ccccc2n1C1CCN(CC(=O)Nc2ccc(Br)cc2)CC1. The van der Waals surface area contributed by atoms with Crippen molar-refractivity contribution in [2.75, 3.05) is 25.0 Å². The summed E-state index contributed by atoms with van der Waals surface area (Å²) in [7, 11) is 0. The number of amides is 1. The van der Waals surface area contributed by atoms with Gasteiger partial charge in [-0.2, -0.15) is 0 Å². The molecular weight excluding hydrogens is 404 g/mol. The Hall–Kier alpha value is -2.18. The lowest BCUT2D eigenvalue weighted by atomic mass is 10.0. The number of rotatable bonds is 4. The van der Waals surface area contributed by atoms with Gasteiger partial charge in [-0.1, -0.05) is 28.1 Å². The van der Waals surface area contributed by atoms with Crippen molar-refractivity contribution in [1.29, 1.82) is 0 Å². The number of halogens is 1. The van der Waals surface area contributed by atoms with E-state index >= 15 is 0 Å². The second-order valence-electron chi connectivity index (χ2n) is 7.08. The van der Waals surface area contributed by atoms with Gasteiger partial charge in [0.25, 0.3) is 0 Å². The van der Waals surface area contributed by atoms with Gasteiger partial charge in [0, 0.05) is 29.3 Å². The lowest BCUT2D eigenvalue weighted by Gasteiger charge is -2.33. The second kappa shape index (κ2) is 7.82. The lowest BCUT2D eigenvalue weighted by Crippen LogP contribution is -2.39. The highest BCUT2D eigenvalue weighted by atomic mass is 79.9. The minimum atomic E-state index is 0.0417. The molecule has 2 heterocycles. The summed E-state index contributed by atoms with van der Waals surface area (Å²) in [6, 6.07) is 16.4. The van der Waals surface area contributed by atoms with Crippen LogP contribution in [0.3, 0.4) is 0 Å². The Morgan fingerprint density at radius 3 is 2.59 bits per heavy atom. The Morgan fingerprint density at radius 2 is 1.85 bits per heavy atom. The summed E-state index contributed by atoms with van der Waals surface area (Å²) >= 11 is 3.41. The van der Waals surface area contributed by atoms with Crippen LogP contribution in [0.25, 0.3) is 11.0 Å². The number of hydrogen-bond acceptors (Lipinski definition) is 3. The first-order valence-corrected chi connectivity index (χ1v) is 10.1. The highest BCUT2D eigenvalue weighted by molar-refractivity contribution is 9.10. The van der Waals surface area contributed by atoms with E-state index in [-0.39, 0.29) is 5.91 Å². The average Bonchev–Trinajstić information content (AvgIpc) is 3.00. The zero-order valence-electron chi connectivity index (χ0n) is 15.4. The van der Waals surface area contributed by atoms with E-state index in [4.69, 9.17) is 4.98 Å². The van der Waals surface area contributed by atoms with E-state index in [9.17, 15) is 4.79 Å². The lowest BCUT2D eigenvalue weighted by molar-refractivity contribution is -0.117. The van der Waals surface area contributed by atoms with E-state index in [0.29, 0.717) is 12.6 Å². The fourth-order valence-corrected chi connectivity index (χ4v) is 4.16. The number of carbonyl (C=O) groups excluding carboxylic acids is 1. The summed E-state index contributed by atoms with van der Waals surface area (Å²) in [6.45, 7) is 4.36. The minimum absolute atomic E-state index is 0.0417. The molecule has 0 radical (unpaired) electrons. The maximum absolute atomic E-state index is 12.3. The number of nitrogens with zero attached hydrogens (tertiary/aromatic N) is 3. The van der Waals surface area contributed by atoms with Crippen molar-refractivity contribution < 1.29 is 4.79 Å². The molecule has 1 amide bonds. The van der Waals surface area contributed by atoms with Crippen LogP contribution in [0.2, 0.25) is 0 Å². The molecule has 0 unspecified atom stereocenters. The van der Waals surface area contributed by atoms with Gasteiger partial charge in [-0.05, 0) is 56.2 Å². The molecule has 3 aromatic rings. The largest absolute Gasteiger partial charge is 0.325 e. The number of fused-ring (bicyclic) bond motifs is 1. The van der Waals surface area contributed by atoms with Crippen molar-refractivity contribution >= 4 is 38.6 Å². The topological polar surface area (TPSA) is 50.2 Å². The van der Waals surface area contributed by atoms with E-state index < -0.39 is 0 Å². The summed E-state index contributed by atoms with van der Waals surface area (Å²) in [5.41, 5.74) is 3.10. The van der Waals surface area contributed by atoms with Gasteiger partial charge in [0.2, 0.25) is 5.91 Å². The van der Waals surface area contributed by atoms with Gasteiger partial charge in [0.15, 0.2) is 0 Å². The van der Waals surface area contributed by atoms with Gasteiger partial charge in [-0.25, -0.2) is 4.98 Å². The smallest absolute Gasteiger partial charge is 0.238 e. The van der Waals surface area contributed by atoms with E-state index in [1.165, 1.54) is 5.52 Å². The Morgan fingerprint density at radius 1 is 1.15 bits per heavy atom. The Bertz CT molecular complexity index is 942. The number of imidazole rings is 1. The number of carbonyl (C=O) groups is 1. The normalized spacial score (nSPS) is 15.9. The molecule has 4 rings (SSSR count). The van der Waals surface area contributed by atoms with Crippen LogP contribution in [0.5, 0.6) is 0 Å². The number of para-hydroxylation sites is 2. The van der Waals surface area contributed by atoms with Crippen molar-refractivity contribution in [2.24, 2.45) is 0 Å². The minimum Gasteiger partial charge on any atom is -0.325 e. The number of benzene rings is 2. The number of nitrogens with one attached hydrogen (secondary N) is 1. The number of anilines is 1. The summed E-state index contributed by atoms with van der Waals surface area (Å²) in [5, 5.41) is 2.97. The molecule has 1 fully saturated rings. The zero-order valence-corrected chi connectivity index (χ0v) is 16.9. The average molecular weight is 427 g/mol. The summed E-state index contributed by atoms with van der Waals surface area (Å²) in [6.07, 6.45) is 2.07. The molecule has 1 N–H and O–H groups in total. The van der Waals surface area contributed by atoms with Crippen LogP contribution >= 0.6 is 15.9 Å². The fourth-order valence-electron chi connectivity index (χ4n) is 3.90. The van der Waals surface area contributed by atoms with Crippen LogP contribution in [0.4, 0.5) is 5.69 Å². The molecule has 0 saturated carbocycles. The molecule has 1 aliphatic rings. The zero-order chi connectivity index (χ0) is 18.8. The number of aromatic nitrogens is 2. The van der Waals surface area contributed by atoms with E-state index in [1.807, 2.05) is 30.3 Å². The Kier molecular flexibility index (Phi) is 5.27. The molecular formula is C21H23BrN4O. The monoisotopic (exact) mass is 426 g/mol. The van der Waals surface area contributed by atoms with Crippen molar-refractivity contribution in [3.63, 3.8) is 0 Å². The maximum Gasteiger partial charge on any atom is 0.238 e. The van der Waals surface area contributed by atoms with Crippen LogP contribution in [0, 0.1) is 6.92 Å². The Labute approximate surface area is 167 Å². The fraction of sp³-hybridized carbons (Fsp3) is 0.333. The van der Waals surface area contributed by atoms with Crippen molar-refractivity contribution in [3.05, 3.63) is 58.8 Å². The molecule has 5 nitrogen and oxygen atoms in total. The molecule has 0 atom stereocenters. The highest BCUT2D eigenvalue weighted by Crippen LogP contribution is 2.28. The van der Waals surface area contributed by atoms with E-state index in [2.05, 4.69) is 55.8 Å². The quantitative estimate of drug-likeness (QED) is 0.672. The number of hydrogen-bond donors (Lipinski definition) is 1. The molecule has 0 aliphatic carbocycles. The molecule has 1 aromatic heterocycles. The van der Waals surface area contributed by atoms with Gasteiger partial charge in [-0.3, -0.25) is 9.69 Å². The number of piperidine rings is 1. The molecule has 1 saturated heterocycles. The van der Waals surface area contributed by atoms with Gasteiger partial charge in [0.05, 0.1) is 17.6 Å². The molecule has 0 bridgehead atoms. The molecule has 6 heteroatoms. The Balaban J connectivity index is 1.35. The summed E-state index contributed by atoms with van der Waals surface area (Å²) in [5.74, 6) is 1.11. The second-order valence-corrected chi connectivity index (χ2v) is 8.00. The standard InChI is InChI=1S/C21H23BrN4O/c1-15-23-19-4-2-3-5-20(19)26(15)18-10-12-25(13-11-18)14-21(27)24-17-8-6-16(22)7-9-17/h2-9,18H,10-14H2,1H3,(H,24,27). The van der Waals surface area contributed by atoms with Crippen molar-refractivity contribution in [2.45, 2.75) is 25.8 Å². The molecule has 2 aromatic carbocycles. The van der Waals surface area contributed by atoms with Crippen LogP contribution in [0.15, 0.2) is 53.0 Å². The molecule has 140 valence electrons. The maximum atomic E-state index is 12.3.